The van der Waals surface area contributed by atoms with Crippen LogP contribution in [0.5, 0.6) is 0 Å². The first-order valence-electron chi connectivity index (χ1n) is 17.9. The Bertz CT molecular complexity index is 2450. The highest BCUT2D eigenvalue weighted by Gasteiger charge is 2.29. The smallest absolute Gasteiger partial charge is 0.193 e. The molecule has 0 atom stereocenters. The van der Waals surface area contributed by atoms with Crippen molar-refractivity contribution < 1.29 is 12.9 Å². The summed E-state index contributed by atoms with van der Waals surface area (Å²) in [6.45, 7) is 19.7. The van der Waals surface area contributed by atoms with Crippen LogP contribution in [0.4, 0.5) is 4.39 Å². The van der Waals surface area contributed by atoms with Gasteiger partial charge in [-0.15, -0.1) is 11.3 Å². The first-order chi connectivity index (χ1) is 23.3. The number of benzene rings is 4. The van der Waals surface area contributed by atoms with Crippen LogP contribution in [0, 0.1) is 12.7 Å². The molecule has 4 aromatic carbocycles. The molecule has 0 spiro atoms. The Balaban J connectivity index is 1.63. The lowest BCUT2D eigenvalue weighted by Gasteiger charge is -2.28. The second-order valence-corrected chi connectivity index (χ2v) is 21.8. The second-order valence-electron chi connectivity index (χ2n) is 15.5. The van der Waals surface area contributed by atoms with Crippen molar-refractivity contribution in [1.29, 1.82) is 0 Å². The van der Waals surface area contributed by atoms with E-state index in [1.54, 1.807) is 12.1 Å². The third-order valence-electron chi connectivity index (χ3n) is 9.16. The fourth-order valence-electron chi connectivity index (χ4n) is 6.53. The largest absolute Gasteiger partial charge is 0.452 e. The van der Waals surface area contributed by atoms with Gasteiger partial charge in [0, 0.05) is 14.9 Å². The Morgan fingerprint density at radius 1 is 0.915 bits per heavy atom. The van der Waals surface area contributed by atoms with Crippen LogP contribution in [0.1, 0.15) is 86.7 Å². The summed E-state index contributed by atoms with van der Waals surface area (Å²) >= 11 is 1.48. The Morgan fingerprint density at radius 3 is 2.21 bits per heavy atom. The van der Waals surface area contributed by atoms with Crippen molar-refractivity contribution in [2.24, 2.45) is 0 Å². The fourth-order valence-corrected chi connectivity index (χ4v) is 9.29. The molecule has 0 radical (unpaired) electrons. The molecule has 0 bridgehead atoms. The lowest BCUT2D eigenvalue weighted by atomic mass is 9.81. The van der Waals surface area contributed by atoms with E-state index in [0.717, 1.165) is 21.4 Å². The Kier molecular flexibility index (Phi) is 6.52. The number of aryl methyl sites for hydroxylation is 1. The van der Waals surface area contributed by atoms with Crippen molar-refractivity contribution in [2.75, 3.05) is 0 Å². The monoisotopic (exact) mass is 664 g/mol. The number of para-hydroxylation sites is 2. The SMILES string of the molecule is [2H]C([2H])([2H])c1ccc(-c2nc3ccccc3n2-c2c(C(C)C)cc(C(C)(C)C)cc2C(C)C)c2oc3c(F)c4nc([Si](C)(C)C)sc4cc3c12. The van der Waals surface area contributed by atoms with Crippen LogP contribution < -0.4 is 4.63 Å². The molecule has 0 unspecified atom stereocenters. The van der Waals surface area contributed by atoms with Gasteiger partial charge in [-0.25, -0.2) is 14.4 Å². The van der Waals surface area contributed by atoms with E-state index >= 15 is 4.39 Å². The number of hydrogen-bond donors (Lipinski definition) is 0. The zero-order valence-electron chi connectivity index (χ0n) is 31.9. The molecule has 3 aromatic heterocycles. The molecule has 7 aromatic rings. The van der Waals surface area contributed by atoms with Crippen molar-refractivity contribution in [3.05, 3.63) is 82.7 Å². The average Bonchev–Trinajstić information content (AvgIpc) is 3.73. The van der Waals surface area contributed by atoms with Gasteiger partial charge in [-0.1, -0.05) is 98.4 Å². The third kappa shape index (κ3) is 5.05. The van der Waals surface area contributed by atoms with Gasteiger partial charge in [0.25, 0.3) is 0 Å². The fraction of sp³-hybridized carbons (Fsp3) is 0.350. The molecule has 3 heterocycles. The summed E-state index contributed by atoms with van der Waals surface area (Å²) in [7, 11) is -1.83. The summed E-state index contributed by atoms with van der Waals surface area (Å²) in [5, 5.41) is 0.822. The number of thiazole rings is 1. The van der Waals surface area contributed by atoms with E-state index < -0.39 is 20.7 Å². The summed E-state index contributed by atoms with van der Waals surface area (Å²) in [5.74, 6) is 0.436. The Morgan fingerprint density at radius 2 is 1.60 bits per heavy atom. The summed E-state index contributed by atoms with van der Waals surface area (Å²) in [5.41, 5.74) is 7.69. The molecule has 0 aliphatic carbocycles. The molecular weight excluding hydrogens is 618 g/mol. The van der Waals surface area contributed by atoms with Crippen molar-refractivity contribution in [3.8, 4) is 17.1 Å². The molecule has 0 aliphatic rings. The minimum atomic E-state index is -2.46. The summed E-state index contributed by atoms with van der Waals surface area (Å²) in [6, 6.07) is 18.0. The highest BCUT2D eigenvalue weighted by molar-refractivity contribution is 7.30. The number of hydrogen-bond acceptors (Lipinski definition) is 4. The summed E-state index contributed by atoms with van der Waals surface area (Å²) in [6.07, 6.45) is 0. The Labute approximate surface area is 285 Å². The molecule has 7 heteroatoms. The third-order valence-corrected chi connectivity index (χ3v) is 13.5. The molecule has 47 heavy (non-hydrogen) atoms. The number of fused-ring (bicyclic) bond motifs is 5. The van der Waals surface area contributed by atoms with Crippen molar-refractivity contribution in [3.63, 3.8) is 0 Å². The lowest BCUT2D eigenvalue weighted by molar-refractivity contribution is 0.586. The van der Waals surface area contributed by atoms with Crippen LogP contribution in [-0.2, 0) is 5.41 Å². The molecular formula is C40H44FN3OSSi. The zero-order chi connectivity index (χ0) is 36.2. The number of imidazole rings is 1. The van der Waals surface area contributed by atoms with Crippen molar-refractivity contribution in [2.45, 2.75) is 92.2 Å². The van der Waals surface area contributed by atoms with Gasteiger partial charge >= 0.3 is 0 Å². The average molecular weight is 665 g/mol. The van der Waals surface area contributed by atoms with E-state index in [-0.39, 0.29) is 33.9 Å². The van der Waals surface area contributed by atoms with E-state index in [1.807, 2.05) is 24.3 Å². The van der Waals surface area contributed by atoms with E-state index in [4.69, 9.17) is 18.5 Å². The Hall–Kier alpha value is -3.81. The molecule has 0 fully saturated rings. The van der Waals surface area contributed by atoms with Crippen LogP contribution >= 0.6 is 11.3 Å². The van der Waals surface area contributed by atoms with E-state index in [2.05, 4.69) is 90.9 Å². The summed E-state index contributed by atoms with van der Waals surface area (Å²) < 4.78 is 52.4. The quantitative estimate of drug-likeness (QED) is 0.172. The van der Waals surface area contributed by atoms with Gasteiger partial charge in [0.2, 0.25) is 0 Å². The van der Waals surface area contributed by atoms with Gasteiger partial charge in [-0.05, 0) is 70.6 Å². The summed E-state index contributed by atoms with van der Waals surface area (Å²) in [4.78, 5) is 9.95. The first kappa shape index (κ1) is 28.2. The maximum atomic E-state index is 16.5. The molecule has 0 aliphatic heterocycles. The van der Waals surface area contributed by atoms with Crippen LogP contribution in [0.25, 0.3) is 60.3 Å². The maximum absolute atomic E-state index is 16.5. The second kappa shape index (κ2) is 10.9. The highest BCUT2D eigenvalue weighted by atomic mass is 32.1. The predicted molar refractivity (Wildman–Crippen MR) is 202 cm³/mol. The molecule has 242 valence electrons. The lowest BCUT2D eigenvalue weighted by Crippen LogP contribution is -2.37. The molecule has 4 nitrogen and oxygen atoms in total. The van der Waals surface area contributed by atoms with Crippen molar-refractivity contribution >= 4 is 67.2 Å². The van der Waals surface area contributed by atoms with Gasteiger partial charge in [-0.2, -0.15) is 0 Å². The van der Waals surface area contributed by atoms with Gasteiger partial charge in [0.05, 0.1) is 31.6 Å². The van der Waals surface area contributed by atoms with Gasteiger partial charge in [0.1, 0.15) is 25.0 Å². The maximum Gasteiger partial charge on any atom is 0.193 e. The minimum Gasteiger partial charge on any atom is -0.452 e. The molecule has 0 N–H and O–H groups in total. The topological polar surface area (TPSA) is 43.9 Å². The predicted octanol–water partition coefficient (Wildman–Crippen LogP) is 11.7. The zero-order valence-corrected chi connectivity index (χ0v) is 30.7. The molecule has 0 saturated heterocycles. The van der Waals surface area contributed by atoms with Crippen LogP contribution in [0.3, 0.4) is 0 Å². The van der Waals surface area contributed by atoms with Gasteiger partial charge in [0.15, 0.2) is 11.4 Å². The highest BCUT2D eigenvalue weighted by Crippen LogP contribution is 2.44. The number of rotatable bonds is 5. The van der Waals surface area contributed by atoms with Gasteiger partial charge < -0.3 is 4.42 Å². The minimum absolute atomic E-state index is 0.0146. The van der Waals surface area contributed by atoms with Crippen LogP contribution in [0.15, 0.2) is 59.0 Å². The van der Waals surface area contributed by atoms with Gasteiger partial charge in [-0.3, -0.25) is 4.57 Å². The van der Waals surface area contributed by atoms with E-state index in [0.29, 0.717) is 32.4 Å². The van der Waals surface area contributed by atoms with E-state index in [9.17, 15) is 0 Å². The van der Waals surface area contributed by atoms with Crippen LogP contribution in [-0.4, -0.2) is 22.6 Å². The number of aromatic nitrogens is 3. The van der Waals surface area contributed by atoms with Crippen molar-refractivity contribution in [1.82, 2.24) is 14.5 Å². The van der Waals surface area contributed by atoms with Crippen LogP contribution in [0.2, 0.25) is 19.6 Å². The standard InChI is InChI=1S/C40H44FN3OSSi/c1-21(2)26-18-24(40(6,7)8)19-27(22(3)4)35(26)44-30-15-13-12-14-29(30)42-38(44)25-17-16-23(5)32-28-20-31-34(33(41)37(28)45-36(25)32)43-39(46-31)47(9,10)11/h12-22H,1-11H3/i5D3. The molecule has 0 amide bonds. The first-order valence-corrected chi connectivity index (χ1v) is 20.7. The van der Waals surface area contributed by atoms with E-state index in [1.165, 1.54) is 28.0 Å². The number of halogens is 1. The number of nitrogens with zero attached hydrogens (tertiary/aromatic N) is 3. The molecule has 7 rings (SSSR count). The normalized spacial score (nSPS) is 14.3. The molecule has 0 saturated carbocycles. The number of furan rings is 1.